The fourth-order valence-electron chi connectivity index (χ4n) is 2.83. The van der Waals surface area contributed by atoms with Gasteiger partial charge in [0.2, 0.25) is 5.91 Å². The number of carbonyl (C=O) groups excluding carboxylic acids is 1. The highest BCUT2D eigenvalue weighted by atomic mass is 32.2. The number of aryl methyl sites for hydroxylation is 1. The van der Waals surface area contributed by atoms with Crippen molar-refractivity contribution in [1.82, 2.24) is 5.32 Å². The zero-order valence-corrected chi connectivity index (χ0v) is 14.0. The van der Waals surface area contributed by atoms with Gasteiger partial charge in [-0.25, -0.2) is 4.79 Å². The Bertz CT molecular complexity index is 743. The number of hydrogen-bond donors (Lipinski definition) is 2. The molecule has 2 aromatic carbocycles. The second-order valence-corrected chi connectivity index (χ2v) is 6.93. The maximum atomic E-state index is 12.3. The maximum Gasteiger partial charge on any atom is 0.335 e. The van der Waals surface area contributed by atoms with Gasteiger partial charge in [-0.15, -0.1) is 11.8 Å². The van der Waals surface area contributed by atoms with Gasteiger partial charge in [0.1, 0.15) is 0 Å². The van der Waals surface area contributed by atoms with Crippen LogP contribution in [0.5, 0.6) is 0 Å². The molecule has 1 amide bonds. The van der Waals surface area contributed by atoms with Crippen LogP contribution in [0.15, 0.2) is 53.4 Å². The quantitative estimate of drug-likeness (QED) is 0.871. The summed E-state index contributed by atoms with van der Waals surface area (Å²) in [6.45, 7) is 0. The second-order valence-electron chi connectivity index (χ2n) is 5.80. The van der Waals surface area contributed by atoms with Crippen molar-refractivity contribution in [3.8, 4) is 0 Å². The van der Waals surface area contributed by atoms with E-state index in [4.69, 9.17) is 5.11 Å². The molecule has 0 spiro atoms. The first-order valence-electron chi connectivity index (χ1n) is 7.97. The highest BCUT2D eigenvalue weighted by molar-refractivity contribution is 7.99. The van der Waals surface area contributed by atoms with Crippen molar-refractivity contribution in [3.63, 3.8) is 0 Å². The van der Waals surface area contributed by atoms with Gasteiger partial charge >= 0.3 is 5.97 Å². The van der Waals surface area contributed by atoms with E-state index in [1.165, 1.54) is 10.5 Å². The predicted octanol–water partition coefficient (Wildman–Crippen LogP) is 3.67. The molecule has 0 saturated heterocycles. The molecule has 0 radical (unpaired) electrons. The molecule has 0 aliphatic carbocycles. The smallest absolute Gasteiger partial charge is 0.335 e. The Labute approximate surface area is 145 Å². The van der Waals surface area contributed by atoms with E-state index in [0.717, 1.165) is 17.7 Å². The summed E-state index contributed by atoms with van der Waals surface area (Å²) in [5.41, 5.74) is 2.43. The van der Waals surface area contributed by atoms with Crippen molar-refractivity contribution in [2.24, 2.45) is 0 Å². The fourth-order valence-corrected chi connectivity index (χ4v) is 3.96. The molecule has 1 aliphatic rings. The van der Waals surface area contributed by atoms with Crippen LogP contribution in [0, 0.1) is 0 Å². The van der Waals surface area contributed by atoms with Gasteiger partial charge in [0.05, 0.1) is 11.6 Å². The van der Waals surface area contributed by atoms with Gasteiger partial charge in [-0.3, -0.25) is 4.79 Å². The number of rotatable bonds is 5. The van der Waals surface area contributed by atoms with Crippen molar-refractivity contribution in [2.45, 2.75) is 30.2 Å². The molecule has 2 aromatic rings. The van der Waals surface area contributed by atoms with Crippen LogP contribution < -0.4 is 5.32 Å². The minimum absolute atomic E-state index is 0.0315. The monoisotopic (exact) mass is 341 g/mol. The van der Waals surface area contributed by atoms with Gasteiger partial charge in [-0.1, -0.05) is 30.3 Å². The number of hydrogen-bond acceptors (Lipinski definition) is 3. The van der Waals surface area contributed by atoms with Crippen molar-refractivity contribution in [2.75, 3.05) is 5.75 Å². The fraction of sp³-hybridized carbons (Fsp3) is 0.263. The van der Waals surface area contributed by atoms with Crippen LogP contribution >= 0.6 is 11.8 Å². The molecular weight excluding hydrogens is 322 g/mol. The first-order chi connectivity index (χ1) is 11.6. The van der Waals surface area contributed by atoms with E-state index in [-0.39, 0.29) is 17.5 Å². The van der Waals surface area contributed by atoms with Crippen molar-refractivity contribution in [3.05, 3.63) is 65.2 Å². The molecule has 0 bridgehead atoms. The maximum absolute atomic E-state index is 12.3. The number of carboxylic acid groups (broad SMARTS) is 1. The molecule has 1 unspecified atom stereocenters. The lowest BCUT2D eigenvalue weighted by molar-refractivity contribution is -0.121. The van der Waals surface area contributed by atoms with Gasteiger partial charge in [0.15, 0.2) is 0 Å². The molecule has 124 valence electrons. The molecule has 4 nitrogen and oxygen atoms in total. The molecule has 3 rings (SSSR count). The molecule has 0 fully saturated rings. The van der Waals surface area contributed by atoms with E-state index in [2.05, 4.69) is 17.4 Å². The Morgan fingerprint density at radius 2 is 1.88 bits per heavy atom. The number of amides is 1. The zero-order valence-electron chi connectivity index (χ0n) is 13.2. The standard InChI is InChI=1S/C19H19NO3S/c21-18(10-7-13-5-8-14(9-6-13)19(22)23)20-16-11-12-24-17-4-2-1-3-15(16)17/h1-6,8-9,16H,7,10-12H2,(H,20,21)(H,22,23). The minimum Gasteiger partial charge on any atom is -0.478 e. The Morgan fingerprint density at radius 1 is 1.12 bits per heavy atom. The summed E-state index contributed by atoms with van der Waals surface area (Å²) in [5, 5.41) is 12.0. The van der Waals surface area contributed by atoms with Crippen LogP contribution in [0.25, 0.3) is 0 Å². The second kappa shape index (κ2) is 7.53. The highest BCUT2D eigenvalue weighted by Crippen LogP contribution is 2.35. The SMILES string of the molecule is O=C(CCc1ccc(C(=O)O)cc1)NC1CCSc2ccccc21. The summed E-state index contributed by atoms with van der Waals surface area (Å²) in [6.07, 6.45) is 1.95. The third-order valence-corrected chi connectivity index (χ3v) is 5.26. The topological polar surface area (TPSA) is 66.4 Å². The summed E-state index contributed by atoms with van der Waals surface area (Å²) >= 11 is 1.83. The number of thioether (sulfide) groups is 1. The Hall–Kier alpha value is -2.27. The first kappa shape index (κ1) is 16.6. The summed E-state index contributed by atoms with van der Waals surface area (Å²) in [6, 6.07) is 15.0. The Morgan fingerprint density at radius 3 is 2.62 bits per heavy atom. The van der Waals surface area contributed by atoms with Crippen LogP contribution in [-0.2, 0) is 11.2 Å². The largest absolute Gasteiger partial charge is 0.478 e. The van der Waals surface area contributed by atoms with Crippen molar-refractivity contribution < 1.29 is 14.7 Å². The van der Waals surface area contributed by atoms with Crippen LogP contribution in [0.4, 0.5) is 0 Å². The first-order valence-corrected chi connectivity index (χ1v) is 8.95. The molecule has 0 aromatic heterocycles. The number of carbonyl (C=O) groups is 2. The lowest BCUT2D eigenvalue weighted by atomic mass is 10.0. The van der Waals surface area contributed by atoms with Gasteiger partial charge in [-0.2, -0.15) is 0 Å². The van der Waals surface area contributed by atoms with Gasteiger partial charge in [0.25, 0.3) is 0 Å². The van der Waals surface area contributed by atoms with E-state index >= 15 is 0 Å². The molecule has 0 saturated carbocycles. The van der Waals surface area contributed by atoms with Crippen LogP contribution in [0.1, 0.15) is 40.4 Å². The summed E-state index contributed by atoms with van der Waals surface area (Å²) in [7, 11) is 0. The number of benzene rings is 2. The van der Waals surface area contributed by atoms with Crippen LogP contribution in [0.3, 0.4) is 0 Å². The molecule has 24 heavy (non-hydrogen) atoms. The molecule has 1 heterocycles. The van der Waals surface area contributed by atoms with E-state index in [1.807, 2.05) is 23.9 Å². The van der Waals surface area contributed by atoms with E-state index in [1.54, 1.807) is 24.3 Å². The normalized spacial score (nSPS) is 16.2. The van der Waals surface area contributed by atoms with E-state index in [9.17, 15) is 9.59 Å². The third kappa shape index (κ3) is 3.97. The van der Waals surface area contributed by atoms with Crippen LogP contribution in [-0.4, -0.2) is 22.7 Å². The number of fused-ring (bicyclic) bond motifs is 1. The average Bonchev–Trinajstić information content (AvgIpc) is 2.61. The average molecular weight is 341 g/mol. The summed E-state index contributed by atoms with van der Waals surface area (Å²) in [5.74, 6) is 0.107. The zero-order chi connectivity index (χ0) is 16.9. The highest BCUT2D eigenvalue weighted by Gasteiger charge is 2.21. The summed E-state index contributed by atoms with van der Waals surface area (Å²) in [4.78, 5) is 24.3. The lowest BCUT2D eigenvalue weighted by Gasteiger charge is -2.25. The van der Waals surface area contributed by atoms with Crippen LogP contribution in [0.2, 0.25) is 0 Å². The van der Waals surface area contributed by atoms with E-state index < -0.39 is 5.97 Å². The molecule has 5 heteroatoms. The minimum atomic E-state index is -0.937. The molecule has 1 atom stereocenters. The Kier molecular flexibility index (Phi) is 5.20. The van der Waals surface area contributed by atoms with Crippen molar-refractivity contribution in [1.29, 1.82) is 0 Å². The number of nitrogens with one attached hydrogen (secondary N) is 1. The molecule has 2 N–H and O–H groups in total. The van der Waals surface area contributed by atoms with Gasteiger partial charge < -0.3 is 10.4 Å². The van der Waals surface area contributed by atoms with Gasteiger partial charge in [-0.05, 0) is 42.2 Å². The predicted molar refractivity (Wildman–Crippen MR) is 94.4 cm³/mol. The Balaban J connectivity index is 1.56. The molecular formula is C19H19NO3S. The molecule has 1 aliphatic heterocycles. The number of carboxylic acids is 1. The summed E-state index contributed by atoms with van der Waals surface area (Å²) < 4.78 is 0. The number of aromatic carboxylic acids is 1. The third-order valence-electron chi connectivity index (χ3n) is 4.14. The van der Waals surface area contributed by atoms with E-state index in [0.29, 0.717) is 12.8 Å². The lowest BCUT2D eigenvalue weighted by Crippen LogP contribution is -2.30. The van der Waals surface area contributed by atoms with Gasteiger partial charge in [0, 0.05) is 17.1 Å². The van der Waals surface area contributed by atoms with Crippen molar-refractivity contribution >= 4 is 23.6 Å².